The summed E-state index contributed by atoms with van der Waals surface area (Å²) in [6.07, 6.45) is 0. The van der Waals surface area contributed by atoms with Gasteiger partial charge in [-0.1, -0.05) is 13.0 Å². The van der Waals surface area contributed by atoms with Gasteiger partial charge in [0.05, 0.1) is 9.93 Å². The molecule has 0 aliphatic rings. The van der Waals surface area contributed by atoms with Gasteiger partial charge in [-0.25, -0.2) is 9.78 Å². The zero-order valence-corrected chi connectivity index (χ0v) is 13.0. The van der Waals surface area contributed by atoms with Gasteiger partial charge < -0.3 is 10.6 Å². The molecule has 2 amide bonds. The van der Waals surface area contributed by atoms with Crippen molar-refractivity contribution in [3.63, 3.8) is 0 Å². The van der Waals surface area contributed by atoms with E-state index in [4.69, 9.17) is 0 Å². The van der Waals surface area contributed by atoms with Crippen molar-refractivity contribution in [1.29, 1.82) is 0 Å². The Balaban J connectivity index is 1.88. The average Bonchev–Trinajstić information content (AvgIpc) is 2.91. The van der Waals surface area contributed by atoms with Gasteiger partial charge in [-0.15, -0.1) is 11.3 Å². The van der Waals surface area contributed by atoms with Crippen molar-refractivity contribution in [1.82, 2.24) is 10.3 Å². The maximum atomic E-state index is 11.8. The highest BCUT2D eigenvalue weighted by molar-refractivity contribution is 7.09. The summed E-state index contributed by atoms with van der Waals surface area (Å²) in [4.78, 5) is 26.4. The lowest BCUT2D eigenvalue weighted by atomic mass is 10.2. The van der Waals surface area contributed by atoms with Gasteiger partial charge in [-0.3, -0.25) is 10.1 Å². The van der Waals surface area contributed by atoms with Crippen LogP contribution in [0.4, 0.5) is 16.2 Å². The third-order valence-electron chi connectivity index (χ3n) is 2.94. The minimum atomic E-state index is -0.504. The molecule has 8 heteroatoms. The number of anilines is 1. The fraction of sp³-hybridized carbons (Fsp3) is 0.286. The number of thiazole rings is 1. The van der Waals surface area contributed by atoms with Crippen LogP contribution in [-0.2, 0) is 0 Å². The minimum Gasteiger partial charge on any atom is -0.337 e. The van der Waals surface area contributed by atoms with Crippen LogP contribution in [0.5, 0.6) is 0 Å². The summed E-state index contributed by atoms with van der Waals surface area (Å²) in [6.45, 7) is 4.34. The second kappa shape index (κ2) is 6.99. The first-order chi connectivity index (χ1) is 10.5. The van der Waals surface area contributed by atoms with E-state index in [1.807, 2.05) is 19.2 Å². The lowest BCUT2D eigenvalue weighted by molar-refractivity contribution is -0.384. The Labute approximate surface area is 131 Å². The summed E-state index contributed by atoms with van der Waals surface area (Å²) in [6, 6.07) is 5.40. The number of aryl methyl sites for hydroxylation is 1. The molecule has 0 aliphatic carbocycles. The average molecular weight is 320 g/mol. The van der Waals surface area contributed by atoms with Crippen molar-refractivity contribution in [3.8, 4) is 0 Å². The van der Waals surface area contributed by atoms with Crippen molar-refractivity contribution in [2.24, 2.45) is 0 Å². The number of nitro groups is 1. The van der Waals surface area contributed by atoms with Gasteiger partial charge in [0, 0.05) is 41.4 Å². The Morgan fingerprint density at radius 1 is 1.50 bits per heavy atom. The number of nitrogens with zero attached hydrogens (tertiary/aromatic N) is 2. The predicted molar refractivity (Wildman–Crippen MR) is 85.4 cm³/mol. The molecule has 2 N–H and O–H groups in total. The van der Waals surface area contributed by atoms with Crippen LogP contribution < -0.4 is 10.6 Å². The highest BCUT2D eigenvalue weighted by Gasteiger charge is 2.12. The minimum absolute atomic E-state index is 0.0653. The van der Waals surface area contributed by atoms with Crippen LogP contribution in [0.2, 0.25) is 0 Å². The number of non-ortho nitro benzene ring substituents is 1. The van der Waals surface area contributed by atoms with E-state index in [9.17, 15) is 14.9 Å². The first-order valence-electron chi connectivity index (χ1n) is 6.67. The molecular weight excluding hydrogens is 304 g/mol. The molecule has 2 aromatic rings. The molecule has 0 fully saturated rings. The van der Waals surface area contributed by atoms with Crippen LogP contribution in [0.1, 0.15) is 23.5 Å². The third kappa shape index (κ3) is 4.26. The number of hydrogen-bond donors (Lipinski definition) is 2. The van der Waals surface area contributed by atoms with Crippen LogP contribution in [0.15, 0.2) is 29.6 Å². The number of amides is 2. The maximum Gasteiger partial charge on any atom is 0.319 e. The Hall–Kier alpha value is -2.48. The van der Waals surface area contributed by atoms with Crippen molar-refractivity contribution in [3.05, 3.63) is 50.5 Å². The number of rotatable bonds is 5. The number of urea groups is 1. The molecule has 0 aliphatic heterocycles. The monoisotopic (exact) mass is 320 g/mol. The molecule has 0 saturated carbocycles. The second-order valence-corrected chi connectivity index (χ2v) is 5.76. The summed E-state index contributed by atoms with van der Waals surface area (Å²) >= 11 is 1.56. The number of nitro benzene ring substituents is 1. The number of nitrogens with one attached hydrogen (secondary N) is 2. The molecule has 1 aromatic carbocycles. The van der Waals surface area contributed by atoms with Gasteiger partial charge in [-0.05, 0) is 13.0 Å². The lowest BCUT2D eigenvalue weighted by Gasteiger charge is -2.11. The standard InChI is InChI=1S/C14H16N4O3S/c1-9(13-16-10(2)8-22-13)7-15-14(19)17-11-4-3-5-12(6-11)18(20)21/h3-6,8-9H,7H2,1-2H3,(H2,15,17,19). The zero-order chi connectivity index (χ0) is 16.1. The zero-order valence-electron chi connectivity index (χ0n) is 12.2. The van der Waals surface area contributed by atoms with E-state index in [1.54, 1.807) is 17.4 Å². The number of carbonyl (C=O) groups excluding carboxylic acids is 1. The number of benzene rings is 1. The van der Waals surface area contributed by atoms with Crippen LogP contribution >= 0.6 is 11.3 Å². The molecule has 116 valence electrons. The van der Waals surface area contributed by atoms with Gasteiger partial charge in [0.15, 0.2) is 0 Å². The Morgan fingerprint density at radius 3 is 2.91 bits per heavy atom. The molecular formula is C14H16N4O3S. The Bertz CT molecular complexity index is 686. The summed E-state index contributed by atoms with van der Waals surface area (Å²) in [5.41, 5.74) is 1.28. The Morgan fingerprint density at radius 2 is 2.27 bits per heavy atom. The molecule has 0 radical (unpaired) electrons. The van der Waals surface area contributed by atoms with Gasteiger partial charge in [-0.2, -0.15) is 0 Å². The molecule has 0 saturated heterocycles. The normalized spacial score (nSPS) is 11.7. The van der Waals surface area contributed by atoms with Crippen LogP contribution in [0, 0.1) is 17.0 Å². The number of aromatic nitrogens is 1. The summed E-state index contributed by atoms with van der Waals surface area (Å²) < 4.78 is 0. The molecule has 2 rings (SSSR count). The van der Waals surface area contributed by atoms with Crippen LogP contribution in [-0.4, -0.2) is 22.5 Å². The van der Waals surface area contributed by atoms with Gasteiger partial charge in [0.1, 0.15) is 0 Å². The quantitative estimate of drug-likeness (QED) is 0.652. The summed E-state index contributed by atoms with van der Waals surface area (Å²) in [7, 11) is 0. The number of carbonyl (C=O) groups is 1. The number of hydrogen-bond acceptors (Lipinski definition) is 5. The van der Waals surface area contributed by atoms with E-state index < -0.39 is 11.0 Å². The summed E-state index contributed by atoms with van der Waals surface area (Å²) in [5.74, 6) is 0.106. The second-order valence-electron chi connectivity index (χ2n) is 4.87. The largest absolute Gasteiger partial charge is 0.337 e. The SMILES string of the molecule is Cc1csc(C(C)CNC(=O)Nc2cccc([N+](=O)[O-])c2)n1. The Kier molecular flexibility index (Phi) is 5.05. The molecule has 1 atom stereocenters. The van der Waals surface area contributed by atoms with Gasteiger partial charge >= 0.3 is 6.03 Å². The van der Waals surface area contributed by atoms with E-state index in [0.29, 0.717) is 12.2 Å². The van der Waals surface area contributed by atoms with Crippen LogP contribution in [0.3, 0.4) is 0 Å². The highest BCUT2D eigenvalue weighted by Crippen LogP contribution is 2.19. The van der Waals surface area contributed by atoms with Crippen molar-refractivity contribution < 1.29 is 9.72 Å². The van der Waals surface area contributed by atoms with E-state index in [-0.39, 0.29) is 11.6 Å². The fourth-order valence-corrected chi connectivity index (χ4v) is 2.66. The van der Waals surface area contributed by atoms with Crippen molar-refractivity contribution in [2.45, 2.75) is 19.8 Å². The predicted octanol–water partition coefficient (Wildman–Crippen LogP) is 3.28. The molecule has 7 nitrogen and oxygen atoms in total. The lowest BCUT2D eigenvalue weighted by Crippen LogP contribution is -2.31. The first-order valence-corrected chi connectivity index (χ1v) is 7.55. The molecule has 1 aromatic heterocycles. The van der Waals surface area contributed by atoms with E-state index in [0.717, 1.165) is 10.7 Å². The topological polar surface area (TPSA) is 97.2 Å². The van der Waals surface area contributed by atoms with Crippen LogP contribution in [0.25, 0.3) is 0 Å². The first kappa shape index (κ1) is 15.9. The highest BCUT2D eigenvalue weighted by atomic mass is 32.1. The van der Waals surface area contributed by atoms with E-state index >= 15 is 0 Å². The molecule has 0 bridgehead atoms. The molecule has 0 spiro atoms. The van der Waals surface area contributed by atoms with Gasteiger partial charge in [0.25, 0.3) is 5.69 Å². The fourth-order valence-electron chi connectivity index (χ4n) is 1.80. The van der Waals surface area contributed by atoms with Crippen molar-refractivity contribution >= 4 is 28.7 Å². The smallest absolute Gasteiger partial charge is 0.319 e. The molecule has 22 heavy (non-hydrogen) atoms. The molecule has 1 unspecified atom stereocenters. The molecule has 1 heterocycles. The van der Waals surface area contributed by atoms with E-state index in [2.05, 4.69) is 15.6 Å². The maximum absolute atomic E-state index is 11.8. The summed E-state index contributed by atoms with van der Waals surface area (Å²) in [5, 5.41) is 18.9. The van der Waals surface area contributed by atoms with E-state index in [1.165, 1.54) is 18.2 Å². The van der Waals surface area contributed by atoms with Crippen molar-refractivity contribution in [2.75, 3.05) is 11.9 Å². The van der Waals surface area contributed by atoms with Gasteiger partial charge in [0.2, 0.25) is 0 Å². The third-order valence-corrected chi connectivity index (χ3v) is 4.14.